The molecule has 5 nitrogen and oxygen atoms in total. The van der Waals surface area contributed by atoms with E-state index < -0.39 is 6.04 Å². The summed E-state index contributed by atoms with van der Waals surface area (Å²) in [5.41, 5.74) is 7.68. The van der Waals surface area contributed by atoms with Gasteiger partial charge in [-0.2, -0.15) is 0 Å². The quantitative estimate of drug-likeness (QED) is 0.870. The third kappa shape index (κ3) is 4.72. The summed E-state index contributed by atoms with van der Waals surface area (Å²) >= 11 is 0. The Labute approximate surface area is 126 Å². The second-order valence-electron chi connectivity index (χ2n) is 5.50. The number of nitrogens with one attached hydrogen (secondary N) is 1. The average molecular weight is 291 g/mol. The number of carbonyl (C=O) groups excluding carboxylic acids is 1. The van der Waals surface area contributed by atoms with Gasteiger partial charge in [0.2, 0.25) is 5.91 Å². The van der Waals surface area contributed by atoms with Crippen LogP contribution in [0.3, 0.4) is 0 Å². The molecule has 0 aromatic heterocycles. The van der Waals surface area contributed by atoms with E-state index in [1.165, 1.54) is 32.8 Å². The molecule has 3 N–H and O–H groups in total. The summed E-state index contributed by atoms with van der Waals surface area (Å²) in [4.78, 5) is 14.3. The molecule has 1 aliphatic heterocycles. The first-order valence-corrected chi connectivity index (χ1v) is 7.61. The third-order valence-electron chi connectivity index (χ3n) is 3.77. The number of nitrogens with two attached hydrogens (primary N) is 1. The molecule has 1 amide bonds. The lowest BCUT2D eigenvalue weighted by molar-refractivity contribution is -0.118. The van der Waals surface area contributed by atoms with Gasteiger partial charge in [-0.1, -0.05) is 18.9 Å². The molecule has 0 bridgehead atoms. The van der Waals surface area contributed by atoms with Crippen molar-refractivity contribution in [2.24, 2.45) is 5.73 Å². The molecule has 0 spiro atoms. The van der Waals surface area contributed by atoms with Crippen molar-refractivity contribution in [1.29, 1.82) is 0 Å². The van der Waals surface area contributed by atoms with E-state index >= 15 is 0 Å². The Bertz CT molecular complexity index is 457. The van der Waals surface area contributed by atoms with Gasteiger partial charge in [-0.15, -0.1) is 0 Å². The van der Waals surface area contributed by atoms with E-state index in [-0.39, 0.29) is 12.5 Å². The Morgan fingerprint density at radius 1 is 1.33 bits per heavy atom. The second kappa shape index (κ2) is 8.00. The lowest BCUT2D eigenvalue weighted by Gasteiger charge is -2.23. The topological polar surface area (TPSA) is 67.6 Å². The SMILES string of the molecule is COCC(N)C(=O)Nc1cccc(N2CCCCCC2)c1. The normalized spacial score (nSPS) is 17.1. The van der Waals surface area contributed by atoms with Crippen LogP contribution in [-0.2, 0) is 9.53 Å². The molecule has 1 atom stereocenters. The number of hydrogen-bond acceptors (Lipinski definition) is 4. The maximum absolute atomic E-state index is 11.9. The molecule has 1 aromatic rings. The van der Waals surface area contributed by atoms with Crippen molar-refractivity contribution in [2.75, 3.05) is 37.0 Å². The monoisotopic (exact) mass is 291 g/mol. The van der Waals surface area contributed by atoms with Crippen LogP contribution in [-0.4, -0.2) is 38.8 Å². The van der Waals surface area contributed by atoms with Crippen molar-refractivity contribution in [3.8, 4) is 0 Å². The molecule has 1 aromatic carbocycles. The van der Waals surface area contributed by atoms with Gasteiger partial charge in [-0.05, 0) is 31.0 Å². The Morgan fingerprint density at radius 2 is 2.05 bits per heavy atom. The lowest BCUT2D eigenvalue weighted by Crippen LogP contribution is -2.39. The van der Waals surface area contributed by atoms with Crippen LogP contribution in [0.15, 0.2) is 24.3 Å². The predicted octanol–water partition coefficient (Wildman–Crippen LogP) is 1.98. The number of anilines is 2. The summed E-state index contributed by atoms with van der Waals surface area (Å²) in [6.07, 6.45) is 5.07. The van der Waals surface area contributed by atoms with Crippen molar-refractivity contribution in [2.45, 2.75) is 31.7 Å². The summed E-state index contributed by atoms with van der Waals surface area (Å²) < 4.78 is 4.90. The number of methoxy groups -OCH3 is 1. The number of benzene rings is 1. The highest BCUT2D eigenvalue weighted by molar-refractivity contribution is 5.95. The molecule has 1 fully saturated rings. The van der Waals surface area contributed by atoms with Crippen molar-refractivity contribution in [1.82, 2.24) is 0 Å². The molecule has 1 heterocycles. The maximum atomic E-state index is 11.9. The number of ether oxygens (including phenoxy) is 1. The van der Waals surface area contributed by atoms with Gasteiger partial charge in [0.05, 0.1) is 6.61 Å². The lowest BCUT2D eigenvalue weighted by atomic mass is 10.2. The molecule has 0 radical (unpaired) electrons. The third-order valence-corrected chi connectivity index (χ3v) is 3.77. The zero-order valence-electron chi connectivity index (χ0n) is 12.7. The first-order valence-electron chi connectivity index (χ1n) is 7.61. The molecule has 2 rings (SSSR count). The smallest absolute Gasteiger partial charge is 0.243 e. The van der Waals surface area contributed by atoms with Crippen LogP contribution in [0.4, 0.5) is 11.4 Å². The van der Waals surface area contributed by atoms with E-state index in [1.54, 1.807) is 0 Å². The molecular formula is C16H25N3O2. The van der Waals surface area contributed by atoms with Crippen LogP contribution >= 0.6 is 0 Å². The molecule has 21 heavy (non-hydrogen) atoms. The van der Waals surface area contributed by atoms with Gasteiger partial charge in [-0.25, -0.2) is 0 Å². The van der Waals surface area contributed by atoms with E-state index in [9.17, 15) is 4.79 Å². The second-order valence-corrected chi connectivity index (χ2v) is 5.50. The van der Waals surface area contributed by atoms with Gasteiger partial charge in [-0.3, -0.25) is 4.79 Å². The number of amides is 1. The predicted molar refractivity (Wildman–Crippen MR) is 85.6 cm³/mol. The summed E-state index contributed by atoms with van der Waals surface area (Å²) in [7, 11) is 1.53. The van der Waals surface area contributed by atoms with E-state index in [4.69, 9.17) is 10.5 Å². The highest BCUT2D eigenvalue weighted by atomic mass is 16.5. The Balaban J connectivity index is 2.01. The number of carbonyl (C=O) groups is 1. The number of hydrogen-bond donors (Lipinski definition) is 2. The van der Waals surface area contributed by atoms with Crippen LogP contribution in [0, 0.1) is 0 Å². The molecule has 1 saturated heterocycles. The van der Waals surface area contributed by atoms with E-state index in [1.807, 2.05) is 18.2 Å². The fraction of sp³-hybridized carbons (Fsp3) is 0.562. The molecule has 116 valence electrons. The van der Waals surface area contributed by atoms with Gasteiger partial charge in [0, 0.05) is 31.6 Å². The van der Waals surface area contributed by atoms with Crippen molar-refractivity contribution < 1.29 is 9.53 Å². The Morgan fingerprint density at radius 3 is 2.71 bits per heavy atom. The van der Waals surface area contributed by atoms with Gasteiger partial charge in [0.15, 0.2) is 0 Å². The number of rotatable bonds is 5. The van der Waals surface area contributed by atoms with E-state index in [0.717, 1.165) is 24.5 Å². The van der Waals surface area contributed by atoms with Crippen LogP contribution in [0.5, 0.6) is 0 Å². The van der Waals surface area contributed by atoms with Crippen molar-refractivity contribution in [3.63, 3.8) is 0 Å². The van der Waals surface area contributed by atoms with Gasteiger partial charge < -0.3 is 20.7 Å². The average Bonchev–Trinajstić information content (AvgIpc) is 2.77. The minimum atomic E-state index is -0.642. The first kappa shape index (κ1) is 15.8. The maximum Gasteiger partial charge on any atom is 0.243 e. The van der Waals surface area contributed by atoms with Crippen LogP contribution in [0.25, 0.3) is 0 Å². The summed E-state index contributed by atoms with van der Waals surface area (Å²) in [6.45, 7) is 2.39. The van der Waals surface area contributed by atoms with Gasteiger partial charge >= 0.3 is 0 Å². The number of nitrogens with zero attached hydrogens (tertiary/aromatic N) is 1. The zero-order chi connectivity index (χ0) is 15.1. The van der Waals surface area contributed by atoms with Gasteiger partial charge in [0.25, 0.3) is 0 Å². The molecule has 0 saturated carbocycles. The fourth-order valence-electron chi connectivity index (χ4n) is 2.60. The highest BCUT2D eigenvalue weighted by Crippen LogP contribution is 2.22. The largest absolute Gasteiger partial charge is 0.383 e. The summed E-state index contributed by atoms with van der Waals surface area (Å²) in [6, 6.07) is 7.33. The Kier molecular flexibility index (Phi) is 6.02. The van der Waals surface area contributed by atoms with Crippen LogP contribution in [0.2, 0.25) is 0 Å². The zero-order valence-corrected chi connectivity index (χ0v) is 12.7. The fourth-order valence-corrected chi connectivity index (χ4v) is 2.60. The molecule has 1 unspecified atom stereocenters. The van der Waals surface area contributed by atoms with Gasteiger partial charge in [0.1, 0.15) is 6.04 Å². The molecule has 0 aliphatic carbocycles. The molecule has 5 heteroatoms. The van der Waals surface area contributed by atoms with Crippen molar-refractivity contribution >= 4 is 17.3 Å². The summed E-state index contributed by atoms with van der Waals surface area (Å²) in [5.74, 6) is -0.218. The first-order chi connectivity index (χ1) is 10.2. The molecule has 1 aliphatic rings. The standard InChI is InChI=1S/C16H25N3O2/c1-21-12-15(17)16(20)18-13-7-6-8-14(11-13)19-9-4-2-3-5-10-19/h6-8,11,15H,2-5,9-10,12,17H2,1H3,(H,18,20). The van der Waals surface area contributed by atoms with E-state index in [2.05, 4.69) is 16.3 Å². The van der Waals surface area contributed by atoms with Crippen molar-refractivity contribution in [3.05, 3.63) is 24.3 Å². The highest BCUT2D eigenvalue weighted by Gasteiger charge is 2.14. The van der Waals surface area contributed by atoms with E-state index in [0.29, 0.717) is 0 Å². The summed E-state index contributed by atoms with van der Waals surface area (Å²) in [5, 5.41) is 2.85. The van der Waals surface area contributed by atoms with Crippen LogP contribution < -0.4 is 16.0 Å². The van der Waals surface area contributed by atoms with Crippen LogP contribution in [0.1, 0.15) is 25.7 Å². The minimum Gasteiger partial charge on any atom is -0.383 e. The minimum absolute atomic E-state index is 0.218. The Hall–Kier alpha value is -1.59. The molecular weight excluding hydrogens is 266 g/mol.